The number of amides is 1. The van der Waals surface area contributed by atoms with E-state index < -0.39 is 0 Å². The van der Waals surface area contributed by atoms with Crippen LogP contribution in [0.15, 0.2) is 60.8 Å². The second kappa shape index (κ2) is 7.66. The van der Waals surface area contributed by atoms with E-state index in [9.17, 15) is 9.59 Å². The van der Waals surface area contributed by atoms with Crippen LogP contribution < -0.4 is 0 Å². The van der Waals surface area contributed by atoms with E-state index >= 15 is 0 Å². The van der Waals surface area contributed by atoms with Crippen LogP contribution in [0.4, 0.5) is 4.79 Å². The molecule has 2 heterocycles. The van der Waals surface area contributed by atoms with Gasteiger partial charge in [0.1, 0.15) is 6.61 Å². The van der Waals surface area contributed by atoms with E-state index in [-0.39, 0.29) is 24.4 Å². The quantitative estimate of drug-likeness (QED) is 0.700. The third-order valence-corrected chi connectivity index (χ3v) is 5.18. The van der Waals surface area contributed by atoms with Gasteiger partial charge in [-0.25, -0.2) is 4.79 Å². The van der Waals surface area contributed by atoms with Gasteiger partial charge in [0.15, 0.2) is 5.78 Å². The first-order valence-corrected chi connectivity index (χ1v) is 9.28. The summed E-state index contributed by atoms with van der Waals surface area (Å²) in [6, 6.07) is 17.5. The maximum absolute atomic E-state index is 12.9. The fourth-order valence-corrected chi connectivity index (χ4v) is 3.63. The molecule has 1 N–H and O–H groups in total. The third-order valence-electron chi connectivity index (χ3n) is 5.18. The predicted octanol–water partition coefficient (Wildman–Crippen LogP) is 4.40. The molecule has 2 aromatic carbocycles. The Kier molecular flexibility index (Phi) is 4.92. The van der Waals surface area contributed by atoms with Gasteiger partial charge in [0, 0.05) is 41.7 Å². The van der Waals surface area contributed by atoms with Crippen LogP contribution in [0.5, 0.6) is 0 Å². The van der Waals surface area contributed by atoms with E-state index in [0.717, 1.165) is 22.0 Å². The summed E-state index contributed by atoms with van der Waals surface area (Å²) >= 11 is 0. The second-order valence-electron chi connectivity index (χ2n) is 6.91. The second-order valence-corrected chi connectivity index (χ2v) is 6.91. The van der Waals surface area contributed by atoms with Crippen molar-refractivity contribution in [3.8, 4) is 0 Å². The number of piperidine rings is 1. The number of ketones is 1. The molecule has 3 aromatic rings. The number of likely N-dealkylation sites (tertiary alicyclic amines) is 1. The highest BCUT2D eigenvalue weighted by Crippen LogP contribution is 2.26. The van der Waals surface area contributed by atoms with Gasteiger partial charge < -0.3 is 14.6 Å². The lowest BCUT2D eigenvalue weighted by Gasteiger charge is -2.30. The number of nitrogens with zero attached hydrogens (tertiary/aromatic N) is 1. The van der Waals surface area contributed by atoms with E-state index in [1.165, 1.54) is 0 Å². The molecular weight excluding hydrogens is 340 g/mol. The smallest absolute Gasteiger partial charge is 0.410 e. The van der Waals surface area contributed by atoms with Crippen LogP contribution in [0.25, 0.3) is 10.9 Å². The van der Waals surface area contributed by atoms with E-state index in [1.807, 2.05) is 54.6 Å². The Balaban J connectivity index is 1.33. The molecule has 0 unspecified atom stereocenters. The summed E-state index contributed by atoms with van der Waals surface area (Å²) < 4.78 is 5.39. The molecule has 5 heteroatoms. The lowest BCUT2D eigenvalue weighted by molar-refractivity contribution is 0.0714. The number of fused-ring (bicyclic) bond motifs is 1. The average Bonchev–Trinajstić information content (AvgIpc) is 3.16. The van der Waals surface area contributed by atoms with Crippen molar-refractivity contribution in [1.29, 1.82) is 0 Å². The standard InChI is InChI=1S/C22H22N2O3/c25-21(19-14-23-20-9-5-4-8-18(19)20)17-10-12-24(13-11-17)22(26)27-15-16-6-2-1-3-7-16/h1-9,14,17,23H,10-13,15H2. The van der Waals surface area contributed by atoms with Gasteiger partial charge in [0.25, 0.3) is 0 Å². The van der Waals surface area contributed by atoms with E-state index in [0.29, 0.717) is 25.9 Å². The van der Waals surface area contributed by atoms with Gasteiger partial charge >= 0.3 is 6.09 Å². The van der Waals surface area contributed by atoms with Crippen molar-refractivity contribution in [2.45, 2.75) is 19.4 Å². The molecule has 1 amide bonds. The minimum Gasteiger partial charge on any atom is -0.445 e. The lowest BCUT2D eigenvalue weighted by Crippen LogP contribution is -2.40. The topological polar surface area (TPSA) is 62.4 Å². The molecule has 138 valence electrons. The molecule has 0 spiro atoms. The van der Waals surface area contributed by atoms with Crippen molar-refractivity contribution in [3.05, 3.63) is 71.9 Å². The first kappa shape index (κ1) is 17.3. The zero-order chi connectivity index (χ0) is 18.6. The van der Waals surface area contributed by atoms with E-state index in [1.54, 1.807) is 11.1 Å². The summed E-state index contributed by atoms with van der Waals surface area (Å²) in [5, 5.41) is 0.965. The highest BCUT2D eigenvalue weighted by Gasteiger charge is 2.29. The minimum absolute atomic E-state index is 0.0534. The summed E-state index contributed by atoms with van der Waals surface area (Å²) in [5.41, 5.74) is 2.69. The van der Waals surface area contributed by atoms with Crippen LogP contribution in [0.1, 0.15) is 28.8 Å². The van der Waals surface area contributed by atoms with Crippen molar-refractivity contribution in [3.63, 3.8) is 0 Å². The van der Waals surface area contributed by atoms with Crippen LogP contribution in [0, 0.1) is 5.92 Å². The number of carbonyl (C=O) groups excluding carboxylic acids is 2. The number of Topliss-reactive ketones (excluding diaryl/α,β-unsaturated/α-hetero) is 1. The van der Waals surface area contributed by atoms with Crippen molar-refractivity contribution in [2.75, 3.05) is 13.1 Å². The highest BCUT2D eigenvalue weighted by atomic mass is 16.6. The lowest BCUT2D eigenvalue weighted by atomic mass is 9.89. The van der Waals surface area contributed by atoms with E-state index in [2.05, 4.69) is 4.98 Å². The van der Waals surface area contributed by atoms with Crippen LogP contribution in [-0.4, -0.2) is 34.8 Å². The Morgan fingerprint density at radius 2 is 1.70 bits per heavy atom. The summed E-state index contributed by atoms with van der Waals surface area (Å²) in [5.74, 6) is 0.104. The molecule has 0 bridgehead atoms. The third kappa shape index (κ3) is 3.72. The minimum atomic E-state index is -0.308. The molecule has 4 rings (SSSR count). The number of rotatable bonds is 4. The van der Waals surface area contributed by atoms with Crippen molar-refractivity contribution in [1.82, 2.24) is 9.88 Å². The first-order chi connectivity index (χ1) is 13.2. The zero-order valence-corrected chi connectivity index (χ0v) is 15.1. The van der Waals surface area contributed by atoms with Crippen LogP contribution in [-0.2, 0) is 11.3 Å². The number of para-hydroxylation sites is 1. The molecule has 0 radical (unpaired) electrons. The van der Waals surface area contributed by atoms with E-state index in [4.69, 9.17) is 4.74 Å². The number of hydrogen-bond acceptors (Lipinski definition) is 3. The number of nitrogens with one attached hydrogen (secondary N) is 1. The number of aromatic amines is 1. The molecule has 27 heavy (non-hydrogen) atoms. The summed E-state index contributed by atoms with van der Waals surface area (Å²) in [4.78, 5) is 30.0. The van der Waals surface area contributed by atoms with Crippen molar-refractivity contribution in [2.24, 2.45) is 5.92 Å². The van der Waals surface area contributed by atoms with Gasteiger partial charge in [-0.1, -0.05) is 48.5 Å². The number of H-pyrrole nitrogens is 1. The number of hydrogen-bond donors (Lipinski definition) is 1. The normalized spacial score (nSPS) is 15.0. The molecular formula is C22H22N2O3. The first-order valence-electron chi connectivity index (χ1n) is 9.28. The maximum atomic E-state index is 12.9. The van der Waals surface area contributed by atoms with Crippen LogP contribution >= 0.6 is 0 Å². The van der Waals surface area contributed by atoms with Crippen molar-refractivity contribution < 1.29 is 14.3 Å². The highest BCUT2D eigenvalue weighted by molar-refractivity contribution is 6.08. The van der Waals surface area contributed by atoms with Crippen molar-refractivity contribution >= 4 is 22.8 Å². The summed E-state index contributed by atoms with van der Waals surface area (Å²) in [6.07, 6.45) is 2.82. The molecule has 1 aliphatic rings. The van der Waals surface area contributed by atoms with Crippen LogP contribution in [0.2, 0.25) is 0 Å². The molecule has 0 saturated carbocycles. The maximum Gasteiger partial charge on any atom is 0.410 e. The fourth-order valence-electron chi connectivity index (χ4n) is 3.63. The van der Waals surface area contributed by atoms with Gasteiger partial charge in [-0.15, -0.1) is 0 Å². The Hall–Kier alpha value is -3.08. The molecule has 1 saturated heterocycles. The van der Waals surface area contributed by atoms with Gasteiger partial charge in [-0.2, -0.15) is 0 Å². The summed E-state index contributed by atoms with van der Waals surface area (Å²) in [6.45, 7) is 1.37. The largest absolute Gasteiger partial charge is 0.445 e. The molecule has 5 nitrogen and oxygen atoms in total. The molecule has 1 fully saturated rings. The number of benzene rings is 2. The zero-order valence-electron chi connectivity index (χ0n) is 15.1. The number of ether oxygens (including phenoxy) is 1. The molecule has 0 atom stereocenters. The predicted molar refractivity (Wildman–Crippen MR) is 104 cm³/mol. The monoisotopic (exact) mass is 362 g/mol. The molecule has 0 aliphatic carbocycles. The van der Waals surface area contributed by atoms with Gasteiger partial charge in [-0.3, -0.25) is 4.79 Å². The average molecular weight is 362 g/mol. The number of aromatic nitrogens is 1. The van der Waals surface area contributed by atoms with Gasteiger partial charge in [0.05, 0.1) is 0 Å². The molecule has 1 aromatic heterocycles. The Bertz CT molecular complexity index is 940. The van der Waals surface area contributed by atoms with Crippen LogP contribution in [0.3, 0.4) is 0 Å². The summed E-state index contributed by atoms with van der Waals surface area (Å²) in [7, 11) is 0. The Morgan fingerprint density at radius 3 is 2.48 bits per heavy atom. The SMILES string of the molecule is O=C(c1c[nH]c2ccccc12)C1CCN(C(=O)OCc2ccccc2)CC1. The Morgan fingerprint density at radius 1 is 1.00 bits per heavy atom. The molecule has 1 aliphatic heterocycles. The fraction of sp³-hybridized carbons (Fsp3) is 0.273. The van der Waals surface area contributed by atoms with Gasteiger partial charge in [0.2, 0.25) is 0 Å². The number of carbonyl (C=O) groups is 2. The Labute approximate surface area is 157 Å². The van der Waals surface area contributed by atoms with Gasteiger partial charge in [-0.05, 0) is 24.5 Å².